The summed E-state index contributed by atoms with van der Waals surface area (Å²) in [6.07, 6.45) is 7.57. The van der Waals surface area contributed by atoms with Crippen molar-refractivity contribution in [1.29, 1.82) is 0 Å². The number of amides is 2. The van der Waals surface area contributed by atoms with Gasteiger partial charge in [0.25, 0.3) is 0 Å². The zero-order chi connectivity index (χ0) is 17.6. The van der Waals surface area contributed by atoms with Crippen LogP contribution in [0.25, 0.3) is 0 Å². The molecule has 2 amide bonds. The van der Waals surface area contributed by atoms with Crippen molar-refractivity contribution in [2.75, 3.05) is 5.32 Å². The Labute approximate surface area is 145 Å². The predicted octanol–water partition coefficient (Wildman–Crippen LogP) is 2.26. The molecule has 2 aromatic rings. The Morgan fingerprint density at radius 1 is 1.24 bits per heavy atom. The van der Waals surface area contributed by atoms with Crippen LogP contribution in [0.15, 0.2) is 36.7 Å². The second kappa shape index (κ2) is 7.92. The van der Waals surface area contributed by atoms with Crippen molar-refractivity contribution < 1.29 is 14.0 Å². The third-order valence-corrected chi connectivity index (χ3v) is 4.20. The van der Waals surface area contributed by atoms with Crippen LogP contribution in [0.4, 0.5) is 10.1 Å². The minimum absolute atomic E-state index is 0.0745. The molecule has 2 N–H and O–H groups in total. The van der Waals surface area contributed by atoms with Gasteiger partial charge in [0.1, 0.15) is 12.4 Å². The normalized spacial score (nSPS) is 14.4. The maximum atomic E-state index is 13.1. The number of carbonyl (C=O) groups excluding carboxylic acids is 2. The van der Waals surface area contributed by atoms with Gasteiger partial charge in [-0.2, -0.15) is 5.10 Å². The van der Waals surface area contributed by atoms with Crippen molar-refractivity contribution >= 4 is 17.5 Å². The van der Waals surface area contributed by atoms with Crippen LogP contribution in [0, 0.1) is 5.82 Å². The van der Waals surface area contributed by atoms with E-state index in [1.165, 1.54) is 23.0 Å². The van der Waals surface area contributed by atoms with E-state index in [0.29, 0.717) is 11.3 Å². The summed E-state index contributed by atoms with van der Waals surface area (Å²) in [6.45, 7) is 0.121. The molecule has 0 bridgehead atoms. The number of halogens is 1. The predicted molar refractivity (Wildman–Crippen MR) is 91.4 cm³/mol. The first kappa shape index (κ1) is 17.1. The number of nitrogens with one attached hydrogen (secondary N) is 2. The van der Waals surface area contributed by atoms with Gasteiger partial charge in [0, 0.05) is 12.2 Å². The van der Waals surface area contributed by atoms with E-state index >= 15 is 0 Å². The first-order valence-electron chi connectivity index (χ1n) is 8.44. The number of rotatable bonds is 6. The molecule has 1 aliphatic carbocycles. The summed E-state index contributed by atoms with van der Waals surface area (Å²) < 4.78 is 14.6. The molecule has 6 nitrogen and oxygen atoms in total. The maximum Gasteiger partial charge on any atom is 0.241 e. The summed E-state index contributed by atoms with van der Waals surface area (Å²) in [6, 6.07) is 6.20. The van der Waals surface area contributed by atoms with Crippen LogP contribution in [0.5, 0.6) is 0 Å². The fourth-order valence-corrected chi connectivity index (χ4v) is 3.04. The molecule has 1 heterocycles. The molecule has 3 rings (SSSR count). The van der Waals surface area contributed by atoms with Gasteiger partial charge in [-0.3, -0.25) is 14.3 Å². The molecule has 1 aromatic carbocycles. The quantitative estimate of drug-likeness (QED) is 0.844. The molecular formula is C18H21FN4O2. The van der Waals surface area contributed by atoms with Crippen LogP contribution in [-0.2, 0) is 22.6 Å². The number of anilines is 1. The van der Waals surface area contributed by atoms with E-state index < -0.39 is 0 Å². The van der Waals surface area contributed by atoms with Crippen LogP contribution in [0.1, 0.15) is 31.2 Å². The molecule has 0 aliphatic heterocycles. The highest BCUT2D eigenvalue weighted by atomic mass is 19.1. The summed E-state index contributed by atoms with van der Waals surface area (Å²) >= 11 is 0. The molecule has 1 aliphatic rings. The Morgan fingerprint density at radius 2 is 2.04 bits per heavy atom. The summed E-state index contributed by atoms with van der Waals surface area (Å²) in [5.74, 6) is -0.709. The van der Waals surface area contributed by atoms with Crippen molar-refractivity contribution in [1.82, 2.24) is 15.1 Å². The first-order valence-corrected chi connectivity index (χ1v) is 8.44. The van der Waals surface area contributed by atoms with Gasteiger partial charge in [0.05, 0.1) is 18.3 Å². The lowest BCUT2D eigenvalue weighted by atomic mass is 10.1. The lowest BCUT2D eigenvalue weighted by Gasteiger charge is -2.11. The fourth-order valence-electron chi connectivity index (χ4n) is 3.04. The number of aromatic nitrogens is 2. The van der Waals surface area contributed by atoms with Crippen LogP contribution in [-0.4, -0.2) is 27.6 Å². The second-order valence-electron chi connectivity index (χ2n) is 6.33. The summed E-state index contributed by atoms with van der Waals surface area (Å²) in [7, 11) is 0. The molecule has 1 fully saturated rings. The Bertz CT molecular complexity index is 753. The molecule has 132 valence electrons. The van der Waals surface area contributed by atoms with E-state index in [1.807, 2.05) is 0 Å². The molecule has 0 unspecified atom stereocenters. The smallest absolute Gasteiger partial charge is 0.241 e. The molecule has 0 atom stereocenters. The fraction of sp³-hybridized carbons (Fsp3) is 0.389. The number of benzene rings is 1. The average Bonchev–Trinajstić information content (AvgIpc) is 3.19. The number of hydrogen-bond donors (Lipinski definition) is 2. The Hall–Kier alpha value is -2.70. The minimum atomic E-state index is -0.369. The van der Waals surface area contributed by atoms with Crippen LogP contribution in [0.2, 0.25) is 0 Å². The Kier molecular flexibility index (Phi) is 5.42. The standard InChI is InChI=1S/C18H21FN4O2/c19-14-5-3-4-13(8-14)9-17(24)22-16-10-20-23(11-16)12-18(25)21-15-6-1-2-7-15/h3-5,8,10-11,15H,1-2,6-7,9,12H2,(H,21,25)(H,22,24). The monoisotopic (exact) mass is 344 g/mol. The van der Waals surface area contributed by atoms with Gasteiger partial charge < -0.3 is 10.6 Å². The number of nitrogens with zero attached hydrogens (tertiary/aromatic N) is 2. The topological polar surface area (TPSA) is 76.0 Å². The van der Waals surface area contributed by atoms with Crippen molar-refractivity contribution in [3.63, 3.8) is 0 Å². The lowest BCUT2D eigenvalue weighted by Crippen LogP contribution is -2.35. The van der Waals surface area contributed by atoms with Gasteiger partial charge in [-0.15, -0.1) is 0 Å². The van der Waals surface area contributed by atoms with Gasteiger partial charge >= 0.3 is 0 Å². The van der Waals surface area contributed by atoms with E-state index in [9.17, 15) is 14.0 Å². The van der Waals surface area contributed by atoms with Gasteiger partial charge in [-0.05, 0) is 30.5 Å². The molecule has 0 spiro atoms. The number of hydrogen-bond acceptors (Lipinski definition) is 3. The molecular weight excluding hydrogens is 323 g/mol. The average molecular weight is 344 g/mol. The van der Waals surface area contributed by atoms with Crippen molar-refractivity contribution in [3.8, 4) is 0 Å². The Morgan fingerprint density at radius 3 is 2.80 bits per heavy atom. The summed E-state index contributed by atoms with van der Waals surface area (Å²) in [4.78, 5) is 24.0. The Balaban J connectivity index is 1.49. The molecule has 1 saturated carbocycles. The van der Waals surface area contributed by atoms with E-state index in [2.05, 4.69) is 15.7 Å². The van der Waals surface area contributed by atoms with Gasteiger partial charge in [0.2, 0.25) is 11.8 Å². The van der Waals surface area contributed by atoms with Gasteiger partial charge in [-0.1, -0.05) is 25.0 Å². The first-order chi connectivity index (χ1) is 12.1. The highest BCUT2D eigenvalue weighted by Crippen LogP contribution is 2.17. The van der Waals surface area contributed by atoms with Crippen molar-refractivity contribution in [2.24, 2.45) is 0 Å². The second-order valence-corrected chi connectivity index (χ2v) is 6.33. The van der Waals surface area contributed by atoms with E-state index in [0.717, 1.165) is 25.7 Å². The van der Waals surface area contributed by atoms with E-state index in [1.54, 1.807) is 18.3 Å². The summed E-state index contributed by atoms with van der Waals surface area (Å²) in [5.41, 5.74) is 1.11. The highest BCUT2D eigenvalue weighted by Gasteiger charge is 2.17. The molecule has 7 heteroatoms. The van der Waals surface area contributed by atoms with Crippen LogP contribution in [0.3, 0.4) is 0 Å². The van der Waals surface area contributed by atoms with E-state index in [4.69, 9.17) is 0 Å². The lowest BCUT2D eigenvalue weighted by molar-refractivity contribution is -0.122. The number of carbonyl (C=O) groups is 2. The van der Waals surface area contributed by atoms with Gasteiger partial charge in [0.15, 0.2) is 0 Å². The third-order valence-electron chi connectivity index (χ3n) is 4.20. The summed E-state index contributed by atoms with van der Waals surface area (Å²) in [5, 5.41) is 9.78. The maximum absolute atomic E-state index is 13.1. The zero-order valence-corrected chi connectivity index (χ0v) is 13.9. The van der Waals surface area contributed by atoms with Crippen molar-refractivity contribution in [2.45, 2.75) is 44.7 Å². The van der Waals surface area contributed by atoms with Crippen LogP contribution >= 0.6 is 0 Å². The molecule has 0 radical (unpaired) electrons. The highest BCUT2D eigenvalue weighted by molar-refractivity contribution is 5.92. The van der Waals surface area contributed by atoms with Crippen molar-refractivity contribution in [3.05, 3.63) is 48.0 Å². The van der Waals surface area contributed by atoms with Gasteiger partial charge in [-0.25, -0.2) is 4.39 Å². The largest absolute Gasteiger partial charge is 0.352 e. The molecule has 25 heavy (non-hydrogen) atoms. The SMILES string of the molecule is O=C(Cc1cccc(F)c1)Nc1cnn(CC(=O)NC2CCCC2)c1. The minimum Gasteiger partial charge on any atom is -0.352 e. The third kappa shape index (κ3) is 5.14. The molecule has 1 aromatic heterocycles. The zero-order valence-electron chi connectivity index (χ0n) is 13.9. The van der Waals surface area contributed by atoms with E-state index in [-0.39, 0.29) is 36.6 Å². The van der Waals surface area contributed by atoms with Crippen LogP contribution < -0.4 is 10.6 Å². The molecule has 0 saturated heterocycles.